The molecule has 0 aliphatic heterocycles. The van der Waals surface area contributed by atoms with E-state index in [2.05, 4.69) is 33.0 Å². The van der Waals surface area contributed by atoms with Crippen molar-refractivity contribution >= 4 is 28.1 Å². The van der Waals surface area contributed by atoms with Gasteiger partial charge in [0.2, 0.25) is 0 Å². The Morgan fingerprint density at radius 2 is 2.13 bits per heavy atom. The fourth-order valence-electron chi connectivity index (χ4n) is 3.56. The van der Waals surface area contributed by atoms with Crippen molar-refractivity contribution in [1.29, 1.82) is 0 Å². The number of hydrogen-bond donors (Lipinski definition) is 2. The monoisotopic (exact) mass is 325 g/mol. The Kier molecular flexibility index (Phi) is 3.87. The van der Waals surface area contributed by atoms with Gasteiger partial charge in [0.05, 0.1) is 23.3 Å². The van der Waals surface area contributed by atoms with Gasteiger partial charge in [-0.25, -0.2) is 0 Å². The Morgan fingerprint density at radius 1 is 1.26 bits per heavy atom. The van der Waals surface area contributed by atoms with E-state index in [1.54, 1.807) is 17.5 Å². The molecule has 1 fully saturated rings. The van der Waals surface area contributed by atoms with E-state index in [4.69, 9.17) is 0 Å². The number of para-hydroxylation sites is 1. The molecule has 1 aliphatic rings. The zero-order valence-electron chi connectivity index (χ0n) is 12.8. The minimum Gasteiger partial charge on any atom is -0.344 e. The van der Waals surface area contributed by atoms with E-state index in [0.29, 0.717) is 11.5 Å². The summed E-state index contributed by atoms with van der Waals surface area (Å²) in [5, 5.41) is 13.3. The SMILES string of the molecule is O=C(N[C@@H](c1cccs1)C1CCCC1)c1cccc2cn[nH]c12. The van der Waals surface area contributed by atoms with E-state index < -0.39 is 0 Å². The maximum atomic E-state index is 12.9. The van der Waals surface area contributed by atoms with Crippen LogP contribution in [0.3, 0.4) is 0 Å². The fraction of sp³-hybridized carbons (Fsp3) is 0.333. The number of nitrogens with zero attached hydrogens (tertiary/aromatic N) is 1. The second-order valence-corrected chi connectivity index (χ2v) is 7.13. The number of nitrogens with one attached hydrogen (secondary N) is 2. The highest BCUT2D eigenvalue weighted by atomic mass is 32.1. The molecule has 0 radical (unpaired) electrons. The average Bonchev–Trinajstić information content (AvgIpc) is 3.34. The molecule has 4 nitrogen and oxygen atoms in total. The van der Waals surface area contributed by atoms with Crippen molar-refractivity contribution in [2.45, 2.75) is 31.7 Å². The first-order valence-electron chi connectivity index (χ1n) is 8.09. The Morgan fingerprint density at radius 3 is 2.91 bits per heavy atom. The van der Waals surface area contributed by atoms with Gasteiger partial charge in [-0.05, 0) is 36.3 Å². The molecule has 0 unspecified atom stereocenters. The van der Waals surface area contributed by atoms with Crippen LogP contribution in [0.1, 0.15) is 47.0 Å². The van der Waals surface area contributed by atoms with Crippen LogP contribution in [-0.4, -0.2) is 16.1 Å². The molecule has 0 spiro atoms. The maximum Gasteiger partial charge on any atom is 0.253 e. The van der Waals surface area contributed by atoms with Crippen molar-refractivity contribution in [2.24, 2.45) is 5.92 Å². The number of aromatic nitrogens is 2. The van der Waals surface area contributed by atoms with Gasteiger partial charge >= 0.3 is 0 Å². The molecular weight excluding hydrogens is 306 g/mol. The highest BCUT2D eigenvalue weighted by molar-refractivity contribution is 7.10. The van der Waals surface area contributed by atoms with Crippen LogP contribution in [-0.2, 0) is 0 Å². The lowest BCUT2D eigenvalue weighted by Crippen LogP contribution is -2.32. The highest BCUT2D eigenvalue weighted by Crippen LogP contribution is 2.37. The topological polar surface area (TPSA) is 57.8 Å². The van der Waals surface area contributed by atoms with Crippen molar-refractivity contribution in [1.82, 2.24) is 15.5 Å². The Balaban J connectivity index is 1.63. The first-order valence-corrected chi connectivity index (χ1v) is 8.97. The summed E-state index contributed by atoms with van der Waals surface area (Å²) in [5.41, 5.74) is 1.47. The number of fused-ring (bicyclic) bond motifs is 1. The quantitative estimate of drug-likeness (QED) is 0.752. The zero-order chi connectivity index (χ0) is 15.6. The molecule has 118 valence electrons. The summed E-state index contributed by atoms with van der Waals surface area (Å²) in [7, 11) is 0. The second kappa shape index (κ2) is 6.16. The minimum absolute atomic E-state index is 0.0230. The fourth-order valence-corrected chi connectivity index (χ4v) is 4.43. The molecule has 1 aliphatic carbocycles. The van der Waals surface area contributed by atoms with E-state index in [9.17, 15) is 4.79 Å². The van der Waals surface area contributed by atoms with Crippen molar-refractivity contribution in [3.05, 3.63) is 52.3 Å². The average molecular weight is 325 g/mol. The number of carbonyl (C=O) groups is 1. The van der Waals surface area contributed by atoms with Gasteiger partial charge in [-0.2, -0.15) is 5.10 Å². The molecule has 3 aromatic rings. The van der Waals surface area contributed by atoms with Gasteiger partial charge in [-0.15, -0.1) is 11.3 Å². The van der Waals surface area contributed by atoms with Crippen LogP contribution in [0.25, 0.3) is 10.9 Å². The summed E-state index contributed by atoms with van der Waals surface area (Å²) >= 11 is 1.73. The molecule has 0 bridgehead atoms. The number of carbonyl (C=O) groups excluding carboxylic acids is 1. The van der Waals surface area contributed by atoms with Crippen molar-refractivity contribution < 1.29 is 4.79 Å². The standard InChI is InChI=1S/C18H19N3OS/c22-18(14-8-3-7-13-11-19-21-16(13)14)20-17(12-5-1-2-6-12)15-9-4-10-23-15/h3-4,7-12,17H,1-2,5-6H2,(H,19,21)(H,20,22)/t17-/m1/s1. The van der Waals surface area contributed by atoms with Crippen LogP contribution in [0.5, 0.6) is 0 Å². The molecule has 1 saturated carbocycles. The van der Waals surface area contributed by atoms with Crippen LogP contribution in [0, 0.1) is 5.92 Å². The summed E-state index contributed by atoms with van der Waals surface area (Å²) in [5.74, 6) is 0.517. The van der Waals surface area contributed by atoms with Crippen LogP contribution >= 0.6 is 11.3 Å². The third-order valence-electron chi connectivity index (χ3n) is 4.73. The molecule has 2 heterocycles. The molecule has 4 rings (SSSR count). The highest BCUT2D eigenvalue weighted by Gasteiger charge is 2.29. The number of H-pyrrole nitrogens is 1. The van der Waals surface area contributed by atoms with Gasteiger partial charge in [0, 0.05) is 10.3 Å². The summed E-state index contributed by atoms with van der Waals surface area (Å²) in [6, 6.07) is 10.0. The minimum atomic E-state index is -0.0230. The third-order valence-corrected chi connectivity index (χ3v) is 5.68. The van der Waals surface area contributed by atoms with Crippen molar-refractivity contribution in [2.75, 3.05) is 0 Å². The summed E-state index contributed by atoms with van der Waals surface area (Å²) in [6.45, 7) is 0. The lowest BCUT2D eigenvalue weighted by molar-refractivity contribution is 0.0924. The van der Waals surface area contributed by atoms with E-state index in [0.717, 1.165) is 10.9 Å². The van der Waals surface area contributed by atoms with E-state index >= 15 is 0 Å². The molecule has 23 heavy (non-hydrogen) atoms. The smallest absolute Gasteiger partial charge is 0.253 e. The van der Waals surface area contributed by atoms with Crippen LogP contribution in [0.2, 0.25) is 0 Å². The normalized spacial score (nSPS) is 16.7. The summed E-state index contributed by atoms with van der Waals surface area (Å²) in [6.07, 6.45) is 6.66. The maximum absolute atomic E-state index is 12.9. The molecule has 2 aromatic heterocycles. The number of benzene rings is 1. The molecule has 2 N–H and O–H groups in total. The Hall–Kier alpha value is -2.14. The lowest BCUT2D eigenvalue weighted by Gasteiger charge is -2.24. The number of amides is 1. The first-order chi connectivity index (χ1) is 11.3. The molecular formula is C18H19N3OS. The van der Waals surface area contributed by atoms with Crippen LogP contribution in [0.4, 0.5) is 0 Å². The molecule has 1 aromatic carbocycles. The van der Waals surface area contributed by atoms with Crippen LogP contribution < -0.4 is 5.32 Å². The van der Waals surface area contributed by atoms with Crippen molar-refractivity contribution in [3.63, 3.8) is 0 Å². The first kappa shape index (κ1) is 14.5. The molecule has 1 amide bonds. The Bertz CT molecular complexity index is 803. The van der Waals surface area contributed by atoms with Gasteiger partial charge in [-0.3, -0.25) is 9.89 Å². The number of rotatable bonds is 4. The van der Waals surface area contributed by atoms with Crippen LogP contribution in [0.15, 0.2) is 41.9 Å². The van der Waals surface area contributed by atoms with Crippen molar-refractivity contribution in [3.8, 4) is 0 Å². The summed E-state index contributed by atoms with van der Waals surface area (Å²) < 4.78 is 0. The molecule has 0 saturated heterocycles. The van der Waals surface area contributed by atoms with Gasteiger partial charge < -0.3 is 5.32 Å². The van der Waals surface area contributed by atoms with Gasteiger partial charge in [0.25, 0.3) is 5.91 Å². The van der Waals surface area contributed by atoms with E-state index in [-0.39, 0.29) is 11.9 Å². The second-order valence-electron chi connectivity index (χ2n) is 6.15. The van der Waals surface area contributed by atoms with E-state index in [1.807, 2.05) is 18.2 Å². The van der Waals surface area contributed by atoms with Gasteiger partial charge in [0.1, 0.15) is 0 Å². The lowest BCUT2D eigenvalue weighted by atomic mass is 9.96. The summed E-state index contributed by atoms with van der Waals surface area (Å²) in [4.78, 5) is 14.1. The molecule has 1 atom stereocenters. The predicted octanol–water partition coefficient (Wildman–Crippen LogP) is 4.29. The van der Waals surface area contributed by atoms with Gasteiger partial charge in [-0.1, -0.05) is 31.0 Å². The van der Waals surface area contributed by atoms with E-state index in [1.165, 1.54) is 30.6 Å². The van der Waals surface area contributed by atoms with Gasteiger partial charge in [0.15, 0.2) is 0 Å². The number of hydrogen-bond acceptors (Lipinski definition) is 3. The Labute approximate surface area is 138 Å². The predicted molar refractivity (Wildman–Crippen MR) is 92.6 cm³/mol. The largest absolute Gasteiger partial charge is 0.344 e. The zero-order valence-corrected chi connectivity index (χ0v) is 13.6. The third kappa shape index (κ3) is 2.77. The number of thiophene rings is 1. The molecule has 5 heteroatoms. The number of aromatic amines is 1.